The van der Waals surface area contributed by atoms with E-state index < -0.39 is 0 Å². The van der Waals surface area contributed by atoms with E-state index >= 15 is 0 Å². The Kier molecular flexibility index (Phi) is 6.39. The first-order valence-corrected chi connectivity index (χ1v) is 11.1. The van der Waals surface area contributed by atoms with Gasteiger partial charge in [0.25, 0.3) is 5.91 Å². The van der Waals surface area contributed by atoms with Crippen molar-refractivity contribution < 1.29 is 14.3 Å². The molecule has 0 atom stereocenters. The number of ether oxygens (including phenoxy) is 1. The van der Waals surface area contributed by atoms with Crippen molar-refractivity contribution in [2.24, 2.45) is 0 Å². The van der Waals surface area contributed by atoms with E-state index in [-0.39, 0.29) is 17.7 Å². The molecule has 1 aromatic heterocycles. The van der Waals surface area contributed by atoms with Gasteiger partial charge in [0, 0.05) is 44.7 Å². The Morgan fingerprint density at radius 3 is 2.74 bits per heavy atom. The van der Waals surface area contributed by atoms with Gasteiger partial charge in [-0.25, -0.2) is 0 Å². The molecule has 0 radical (unpaired) electrons. The first-order valence-electron chi connectivity index (χ1n) is 11.1. The van der Waals surface area contributed by atoms with E-state index in [0.717, 1.165) is 55.9 Å². The fourth-order valence-electron chi connectivity index (χ4n) is 4.37. The van der Waals surface area contributed by atoms with Crippen LogP contribution in [0, 0.1) is 0 Å². The third-order valence-electron chi connectivity index (χ3n) is 6.22. The topological polar surface area (TPSA) is 67.7 Å². The average molecular weight is 423 g/mol. The van der Waals surface area contributed by atoms with Crippen LogP contribution in [-0.4, -0.2) is 64.7 Å². The predicted molar refractivity (Wildman–Crippen MR) is 119 cm³/mol. The van der Waals surface area contributed by atoms with Gasteiger partial charge in [-0.2, -0.15) is 5.10 Å². The van der Waals surface area contributed by atoms with E-state index in [1.54, 1.807) is 13.2 Å². The second-order valence-electron chi connectivity index (χ2n) is 8.13. The van der Waals surface area contributed by atoms with E-state index in [9.17, 15) is 9.59 Å². The lowest BCUT2D eigenvalue weighted by atomic mass is 9.93. The summed E-state index contributed by atoms with van der Waals surface area (Å²) in [6.07, 6.45) is 6.11. The summed E-state index contributed by atoms with van der Waals surface area (Å²) in [7, 11) is 1.63. The highest BCUT2D eigenvalue weighted by Crippen LogP contribution is 2.29. The van der Waals surface area contributed by atoms with Gasteiger partial charge < -0.3 is 14.5 Å². The van der Waals surface area contributed by atoms with Crippen molar-refractivity contribution in [3.8, 4) is 5.75 Å². The highest BCUT2D eigenvalue weighted by Gasteiger charge is 2.28. The second kappa shape index (κ2) is 9.37. The zero-order valence-electron chi connectivity index (χ0n) is 18.3. The van der Waals surface area contributed by atoms with Crippen molar-refractivity contribution in [1.82, 2.24) is 19.6 Å². The van der Waals surface area contributed by atoms with Crippen LogP contribution in [0.1, 0.15) is 53.8 Å². The Balaban J connectivity index is 1.37. The number of aryl methyl sites for hydroxylation is 1. The molecular weight excluding hydrogens is 392 g/mol. The van der Waals surface area contributed by atoms with E-state index in [1.807, 2.05) is 57.8 Å². The minimum Gasteiger partial charge on any atom is -0.497 e. The molecule has 0 unspecified atom stereocenters. The van der Waals surface area contributed by atoms with Gasteiger partial charge in [-0.15, -0.1) is 0 Å². The third-order valence-corrected chi connectivity index (χ3v) is 6.22. The van der Waals surface area contributed by atoms with Crippen LogP contribution in [0.4, 0.5) is 0 Å². The molecule has 1 aromatic carbocycles. The molecule has 0 spiro atoms. The first-order chi connectivity index (χ1) is 15.1. The van der Waals surface area contributed by atoms with Crippen molar-refractivity contribution in [1.29, 1.82) is 0 Å². The van der Waals surface area contributed by atoms with E-state index in [4.69, 9.17) is 9.84 Å². The molecule has 2 aromatic rings. The Morgan fingerprint density at radius 1 is 1.19 bits per heavy atom. The van der Waals surface area contributed by atoms with Gasteiger partial charge in [-0.05, 0) is 56.0 Å². The summed E-state index contributed by atoms with van der Waals surface area (Å²) < 4.78 is 7.10. The van der Waals surface area contributed by atoms with Crippen molar-refractivity contribution >= 4 is 17.9 Å². The molecule has 0 bridgehead atoms. The number of hydrogen-bond donors (Lipinski definition) is 0. The number of piperidine rings is 1. The number of carbonyl (C=O) groups excluding carboxylic acids is 2. The Hall–Kier alpha value is -3.09. The third kappa shape index (κ3) is 4.65. The number of amides is 2. The van der Waals surface area contributed by atoms with E-state index in [0.29, 0.717) is 18.8 Å². The minimum absolute atomic E-state index is 0.0238. The van der Waals surface area contributed by atoms with Crippen LogP contribution in [0.25, 0.3) is 6.08 Å². The number of aromatic nitrogens is 2. The van der Waals surface area contributed by atoms with Gasteiger partial charge in [0.2, 0.25) is 5.91 Å². The van der Waals surface area contributed by atoms with Gasteiger partial charge in [0.05, 0.1) is 12.8 Å². The summed E-state index contributed by atoms with van der Waals surface area (Å²) in [5.74, 6) is 1.16. The first kappa shape index (κ1) is 21.2. The van der Waals surface area contributed by atoms with Gasteiger partial charge in [-0.3, -0.25) is 14.3 Å². The maximum atomic E-state index is 12.7. The molecule has 7 heteroatoms. The Labute approximate surface area is 183 Å². The summed E-state index contributed by atoms with van der Waals surface area (Å²) in [5, 5.41) is 4.76. The van der Waals surface area contributed by atoms with Gasteiger partial charge >= 0.3 is 0 Å². The van der Waals surface area contributed by atoms with Crippen molar-refractivity contribution in [2.45, 2.75) is 38.6 Å². The van der Waals surface area contributed by atoms with Crippen molar-refractivity contribution in [2.75, 3.05) is 33.3 Å². The largest absolute Gasteiger partial charge is 0.497 e. The zero-order chi connectivity index (χ0) is 21.8. The molecule has 0 aliphatic carbocycles. The molecule has 2 aliphatic heterocycles. The second-order valence-corrected chi connectivity index (χ2v) is 8.13. The lowest BCUT2D eigenvalue weighted by molar-refractivity contribution is -0.127. The smallest absolute Gasteiger partial charge is 0.272 e. The zero-order valence-corrected chi connectivity index (χ0v) is 18.3. The van der Waals surface area contributed by atoms with Crippen LogP contribution in [0.2, 0.25) is 0 Å². The monoisotopic (exact) mass is 422 g/mol. The number of hydrogen-bond acceptors (Lipinski definition) is 4. The summed E-state index contributed by atoms with van der Waals surface area (Å²) in [6.45, 7) is 5.71. The van der Waals surface area contributed by atoms with Crippen LogP contribution in [-0.2, 0) is 11.3 Å². The highest BCUT2D eigenvalue weighted by atomic mass is 16.5. The Bertz CT molecular complexity index is 973. The lowest BCUT2D eigenvalue weighted by Crippen LogP contribution is -2.37. The number of rotatable bonds is 5. The standard InChI is InChI=1S/C24H30N4O3/c1-3-26-12-5-13-28-22(24(26)30)17-21(25-28)19-10-14-27(15-11-19)23(29)9-8-18-6-4-7-20(16-18)31-2/h4,6-9,16-17,19H,3,5,10-15H2,1-2H3. The van der Waals surface area contributed by atoms with Crippen LogP contribution in [0.15, 0.2) is 36.4 Å². The molecule has 2 amide bonds. The normalized spacial score (nSPS) is 17.7. The van der Waals surface area contributed by atoms with Crippen LogP contribution in [0.3, 0.4) is 0 Å². The lowest BCUT2D eigenvalue weighted by Gasteiger charge is -2.30. The predicted octanol–water partition coefficient (Wildman–Crippen LogP) is 3.18. The van der Waals surface area contributed by atoms with E-state index in [1.165, 1.54) is 0 Å². The summed E-state index contributed by atoms with van der Waals surface area (Å²) in [4.78, 5) is 29.1. The van der Waals surface area contributed by atoms with Gasteiger partial charge in [0.1, 0.15) is 11.4 Å². The average Bonchev–Trinajstić information content (AvgIpc) is 3.18. The van der Waals surface area contributed by atoms with Gasteiger partial charge in [-0.1, -0.05) is 12.1 Å². The van der Waals surface area contributed by atoms with Crippen LogP contribution in [0.5, 0.6) is 5.75 Å². The maximum absolute atomic E-state index is 12.7. The molecule has 3 heterocycles. The molecule has 2 aliphatic rings. The summed E-state index contributed by atoms with van der Waals surface area (Å²) >= 11 is 0. The molecule has 31 heavy (non-hydrogen) atoms. The molecule has 4 rings (SSSR count). The number of benzene rings is 1. The summed E-state index contributed by atoms with van der Waals surface area (Å²) in [5.41, 5.74) is 2.63. The number of nitrogens with zero attached hydrogens (tertiary/aromatic N) is 4. The maximum Gasteiger partial charge on any atom is 0.272 e. The Morgan fingerprint density at radius 2 is 2.00 bits per heavy atom. The quantitative estimate of drug-likeness (QED) is 0.694. The number of fused-ring (bicyclic) bond motifs is 1. The fourth-order valence-corrected chi connectivity index (χ4v) is 4.37. The minimum atomic E-state index is 0.0238. The molecule has 1 saturated heterocycles. The van der Waals surface area contributed by atoms with Crippen molar-refractivity contribution in [3.63, 3.8) is 0 Å². The highest BCUT2D eigenvalue weighted by molar-refractivity contribution is 5.93. The van der Waals surface area contributed by atoms with Crippen LogP contribution >= 0.6 is 0 Å². The van der Waals surface area contributed by atoms with Crippen LogP contribution < -0.4 is 4.74 Å². The fraction of sp³-hybridized carbons (Fsp3) is 0.458. The molecular formula is C24H30N4O3. The molecule has 0 saturated carbocycles. The molecule has 7 nitrogen and oxygen atoms in total. The molecule has 1 fully saturated rings. The number of likely N-dealkylation sites (tertiary alicyclic amines) is 1. The number of methoxy groups -OCH3 is 1. The van der Waals surface area contributed by atoms with Crippen molar-refractivity contribution in [3.05, 3.63) is 53.4 Å². The number of carbonyl (C=O) groups is 2. The summed E-state index contributed by atoms with van der Waals surface area (Å²) in [6, 6.07) is 9.61. The SMILES string of the molecule is CCN1CCCn2nc(C3CCN(C(=O)C=Cc4cccc(OC)c4)CC3)cc2C1=O. The van der Waals surface area contributed by atoms with E-state index in [2.05, 4.69) is 0 Å². The molecule has 164 valence electrons. The molecule has 0 N–H and O–H groups in total. The van der Waals surface area contributed by atoms with Gasteiger partial charge in [0.15, 0.2) is 0 Å².